The van der Waals surface area contributed by atoms with Crippen LogP contribution in [0.25, 0.3) is 0 Å². The van der Waals surface area contributed by atoms with E-state index in [0.29, 0.717) is 24.7 Å². The lowest BCUT2D eigenvalue weighted by Crippen LogP contribution is -2.27. The smallest absolute Gasteiger partial charge is 0.253 e. The van der Waals surface area contributed by atoms with Crippen molar-refractivity contribution >= 4 is 11.6 Å². The molecular weight excluding hydrogens is 280 g/mol. The maximum absolute atomic E-state index is 12.2. The van der Waals surface area contributed by atoms with Crippen LogP contribution in [0.4, 0.5) is 5.69 Å². The van der Waals surface area contributed by atoms with Crippen molar-refractivity contribution in [3.8, 4) is 5.75 Å². The number of hydrogen-bond donors (Lipinski definition) is 2. The van der Waals surface area contributed by atoms with Crippen molar-refractivity contribution in [2.45, 2.75) is 51.7 Å². The molecule has 22 heavy (non-hydrogen) atoms. The Kier molecular flexibility index (Phi) is 6.21. The Hall–Kier alpha value is -1.59. The van der Waals surface area contributed by atoms with E-state index in [-0.39, 0.29) is 18.1 Å². The van der Waals surface area contributed by atoms with Crippen molar-refractivity contribution in [3.63, 3.8) is 0 Å². The predicted octanol–water partition coefficient (Wildman–Crippen LogP) is 2.48. The summed E-state index contributed by atoms with van der Waals surface area (Å²) in [5.41, 5.74) is 7.81. The van der Waals surface area contributed by atoms with Crippen LogP contribution in [0.1, 0.15) is 38.7 Å². The molecule has 0 radical (unpaired) electrons. The van der Waals surface area contributed by atoms with Crippen LogP contribution in [0.2, 0.25) is 0 Å². The first-order valence-electron chi connectivity index (χ1n) is 8.07. The molecule has 0 aliphatic carbocycles. The van der Waals surface area contributed by atoms with Crippen LogP contribution in [0, 0.1) is 0 Å². The number of ether oxygens (including phenoxy) is 2. The Morgan fingerprint density at radius 1 is 1.50 bits per heavy atom. The van der Waals surface area contributed by atoms with Gasteiger partial charge in [0.05, 0.1) is 12.3 Å². The number of nitrogens with one attached hydrogen (secondary N) is 1. The highest BCUT2D eigenvalue weighted by molar-refractivity contribution is 5.95. The second-order valence-corrected chi connectivity index (χ2v) is 5.63. The summed E-state index contributed by atoms with van der Waals surface area (Å²) < 4.78 is 11.1. The summed E-state index contributed by atoms with van der Waals surface area (Å²) in [6.07, 6.45) is 3.10. The van der Waals surface area contributed by atoms with Crippen LogP contribution in [-0.4, -0.2) is 31.3 Å². The average Bonchev–Trinajstić information content (AvgIpc) is 3.04. The molecule has 1 aliphatic rings. The number of carbonyl (C=O) groups excluding carboxylic acids is 1. The van der Waals surface area contributed by atoms with E-state index < -0.39 is 0 Å². The first-order valence-corrected chi connectivity index (χ1v) is 8.07. The number of amides is 1. The molecule has 1 aliphatic heterocycles. The summed E-state index contributed by atoms with van der Waals surface area (Å²) in [7, 11) is 0. The van der Waals surface area contributed by atoms with Gasteiger partial charge in [0.2, 0.25) is 0 Å². The van der Waals surface area contributed by atoms with E-state index in [1.54, 1.807) is 0 Å². The highest BCUT2D eigenvalue weighted by Crippen LogP contribution is 2.27. The molecule has 0 bridgehead atoms. The molecule has 1 fully saturated rings. The van der Waals surface area contributed by atoms with Crippen molar-refractivity contribution in [2.24, 2.45) is 5.73 Å². The standard InChI is InChI=1S/C17H26N2O3/c1-3-13(18)10-12-7-8-14(16(11-12)21-4-2)19-17(20)15-6-5-9-22-15/h7-8,11,13,15H,3-6,9-10,18H2,1-2H3,(H,19,20). The lowest BCUT2D eigenvalue weighted by molar-refractivity contribution is -0.124. The van der Waals surface area contributed by atoms with Crippen LogP contribution in [0.15, 0.2) is 18.2 Å². The summed E-state index contributed by atoms with van der Waals surface area (Å²) in [6.45, 7) is 5.21. The molecule has 5 nitrogen and oxygen atoms in total. The summed E-state index contributed by atoms with van der Waals surface area (Å²) in [5.74, 6) is 0.589. The third-order valence-electron chi connectivity index (χ3n) is 3.85. The Labute approximate surface area is 132 Å². The van der Waals surface area contributed by atoms with Gasteiger partial charge in [-0.05, 0) is 50.3 Å². The minimum Gasteiger partial charge on any atom is -0.492 e. The zero-order valence-electron chi connectivity index (χ0n) is 13.4. The Balaban J connectivity index is 2.10. The molecule has 3 N–H and O–H groups in total. The number of carbonyl (C=O) groups is 1. The molecule has 1 aromatic carbocycles. The van der Waals surface area contributed by atoms with Gasteiger partial charge in [-0.15, -0.1) is 0 Å². The fourth-order valence-electron chi connectivity index (χ4n) is 2.52. The normalized spacial score (nSPS) is 19.0. The largest absolute Gasteiger partial charge is 0.492 e. The number of rotatable bonds is 7. The quantitative estimate of drug-likeness (QED) is 0.811. The zero-order chi connectivity index (χ0) is 15.9. The van der Waals surface area contributed by atoms with Gasteiger partial charge in [-0.1, -0.05) is 13.0 Å². The van der Waals surface area contributed by atoms with Crippen molar-refractivity contribution < 1.29 is 14.3 Å². The number of hydrogen-bond acceptors (Lipinski definition) is 4. The number of anilines is 1. The minimum absolute atomic E-state index is 0.100. The van der Waals surface area contributed by atoms with E-state index in [0.717, 1.165) is 31.2 Å². The lowest BCUT2D eigenvalue weighted by atomic mass is 10.0. The molecule has 0 saturated carbocycles. The van der Waals surface area contributed by atoms with Crippen LogP contribution in [0.5, 0.6) is 5.75 Å². The Bertz CT molecular complexity index is 499. The molecular formula is C17H26N2O3. The molecule has 1 aromatic rings. The number of benzene rings is 1. The van der Waals surface area contributed by atoms with E-state index in [4.69, 9.17) is 15.2 Å². The second kappa shape index (κ2) is 8.15. The van der Waals surface area contributed by atoms with Gasteiger partial charge >= 0.3 is 0 Å². The fraction of sp³-hybridized carbons (Fsp3) is 0.588. The maximum Gasteiger partial charge on any atom is 0.253 e. The third kappa shape index (κ3) is 4.45. The van der Waals surface area contributed by atoms with Gasteiger partial charge in [-0.3, -0.25) is 4.79 Å². The monoisotopic (exact) mass is 306 g/mol. The fourth-order valence-corrected chi connectivity index (χ4v) is 2.52. The molecule has 122 valence electrons. The summed E-state index contributed by atoms with van der Waals surface area (Å²) >= 11 is 0. The Morgan fingerprint density at radius 3 is 2.95 bits per heavy atom. The van der Waals surface area contributed by atoms with Gasteiger partial charge in [-0.25, -0.2) is 0 Å². The minimum atomic E-state index is -0.345. The summed E-state index contributed by atoms with van der Waals surface area (Å²) in [4.78, 5) is 12.2. The van der Waals surface area contributed by atoms with Crippen LogP contribution >= 0.6 is 0 Å². The van der Waals surface area contributed by atoms with Gasteiger partial charge in [0.15, 0.2) is 0 Å². The molecule has 2 atom stereocenters. The summed E-state index contributed by atoms with van der Waals surface area (Å²) in [5, 5.41) is 2.91. The van der Waals surface area contributed by atoms with Gasteiger partial charge in [-0.2, -0.15) is 0 Å². The average molecular weight is 306 g/mol. The van der Waals surface area contributed by atoms with Crippen molar-refractivity contribution in [3.05, 3.63) is 23.8 Å². The van der Waals surface area contributed by atoms with E-state index in [1.807, 2.05) is 25.1 Å². The van der Waals surface area contributed by atoms with Crippen molar-refractivity contribution in [1.29, 1.82) is 0 Å². The first kappa shape index (κ1) is 16.8. The van der Waals surface area contributed by atoms with Crippen molar-refractivity contribution in [1.82, 2.24) is 0 Å². The second-order valence-electron chi connectivity index (χ2n) is 5.63. The van der Waals surface area contributed by atoms with Gasteiger partial charge in [0, 0.05) is 12.6 Å². The van der Waals surface area contributed by atoms with Crippen LogP contribution < -0.4 is 15.8 Å². The highest BCUT2D eigenvalue weighted by atomic mass is 16.5. The molecule has 0 aromatic heterocycles. The van der Waals surface area contributed by atoms with Gasteiger partial charge in [0.25, 0.3) is 5.91 Å². The van der Waals surface area contributed by atoms with E-state index >= 15 is 0 Å². The molecule has 1 heterocycles. The molecule has 0 spiro atoms. The van der Waals surface area contributed by atoms with Crippen LogP contribution in [0.3, 0.4) is 0 Å². The SMILES string of the molecule is CCOc1cc(CC(N)CC)ccc1NC(=O)C1CCCO1. The zero-order valence-corrected chi connectivity index (χ0v) is 13.4. The number of nitrogens with two attached hydrogens (primary N) is 1. The van der Waals surface area contributed by atoms with E-state index in [9.17, 15) is 4.79 Å². The van der Waals surface area contributed by atoms with Gasteiger partial charge < -0.3 is 20.5 Å². The lowest BCUT2D eigenvalue weighted by Gasteiger charge is -2.16. The maximum atomic E-state index is 12.2. The molecule has 2 rings (SSSR count). The van der Waals surface area contributed by atoms with Gasteiger partial charge in [0.1, 0.15) is 11.9 Å². The highest BCUT2D eigenvalue weighted by Gasteiger charge is 2.24. The van der Waals surface area contributed by atoms with Crippen molar-refractivity contribution in [2.75, 3.05) is 18.5 Å². The molecule has 2 unspecified atom stereocenters. The van der Waals surface area contributed by atoms with E-state index in [2.05, 4.69) is 12.2 Å². The summed E-state index contributed by atoms with van der Waals surface area (Å²) in [6, 6.07) is 5.98. The Morgan fingerprint density at radius 2 is 2.32 bits per heavy atom. The molecule has 5 heteroatoms. The van der Waals surface area contributed by atoms with Crippen LogP contribution in [-0.2, 0) is 16.0 Å². The first-order chi connectivity index (χ1) is 10.6. The topological polar surface area (TPSA) is 73.6 Å². The van der Waals surface area contributed by atoms with E-state index in [1.165, 1.54) is 0 Å². The molecule has 1 amide bonds. The predicted molar refractivity (Wildman–Crippen MR) is 87.2 cm³/mol. The molecule has 1 saturated heterocycles. The third-order valence-corrected chi connectivity index (χ3v) is 3.85.